The van der Waals surface area contributed by atoms with Gasteiger partial charge in [0.1, 0.15) is 11.5 Å². The summed E-state index contributed by atoms with van der Waals surface area (Å²) in [6.45, 7) is 1.04. The minimum absolute atomic E-state index is 0.310. The Kier molecular flexibility index (Phi) is 5.14. The predicted molar refractivity (Wildman–Crippen MR) is 91.1 cm³/mol. The van der Waals surface area contributed by atoms with Crippen molar-refractivity contribution in [2.75, 3.05) is 25.6 Å². The van der Waals surface area contributed by atoms with E-state index in [1.807, 2.05) is 0 Å². The van der Waals surface area contributed by atoms with E-state index in [9.17, 15) is 9.18 Å². The minimum atomic E-state index is -0.606. The Balaban J connectivity index is 1.80. The van der Waals surface area contributed by atoms with Crippen LogP contribution in [0.15, 0.2) is 42.6 Å². The zero-order valence-corrected chi connectivity index (χ0v) is 13.9. The molecule has 2 N–H and O–H groups in total. The lowest BCUT2D eigenvalue weighted by molar-refractivity contribution is 0.0417. The molecule has 2 amide bonds. The number of benzene rings is 1. The van der Waals surface area contributed by atoms with Crippen molar-refractivity contribution in [1.82, 2.24) is 10.3 Å². The van der Waals surface area contributed by atoms with Crippen molar-refractivity contribution in [1.29, 1.82) is 0 Å². The molecule has 1 aliphatic heterocycles. The molecule has 6 nitrogen and oxygen atoms in total. The van der Waals surface area contributed by atoms with Gasteiger partial charge < -0.3 is 20.1 Å². The number of methoxy groups -OCH3 is 1. The number of aromatic nitrogens is 1. The van der Waals surface area contributed by atoms with Gasteiger partial charge in [0, 0.05) is 19.4 Å². The van der Waals surface area contributed by atoms with Crippen LogP contribution < -0.4 is 15.4 Å². The van der Waals surface area contributed by atoms with Gasteiger partial charge in [0.2, 0.25) is 5.88 Å². The average Bonchev–Trinajstić information content (AvgIpc) is 2.63. The highest BCUT2D eigenvalue weighted by atomic mass is 19.1. The van der Waals surface area contributed by atoms with Crippen LogP contribution in [0, 0.1) is 5.82 Å². The van der Waals surface area contributed by atoms with Crippen molar-refractivity contribution in [3.05, 3.63) is 54.0 Å². The molecule has 3 rings (SSSR count). The van der Waals surface area contributed by atoms with Crippen LogP contribution in [0.1, 0.15) is 18.4 Å². The highest BCUT2D eigenvalue weighted by molar-refractivity contribution is 5.91. The summed E-state index contributed by atoms with van der Waals surface area (Å²) >= 11 is 0. The van der Waals surface area contributed by atoms with E-state index in [1.54, 1.807) is 30.5 Å². The molecule has 1 fully saturated rings. The molecule has 1 aromatic heterocycles. The molecule has 1 aromatic carbocycles. The first kappa shape index (κ1) is 17.2. The summed E-state index contributed by atoms with van der Waals surface area (Å²) in [7, 11) is 1.49. The number of hydrogen-bond donors (Lipinski definition) is 2. The summed E-state index contributed by atoms with van der Waals surface area (Å²) in [6.07, 6.45) is 2.80. The average molecular weight is 345 g/mol. The molecule has 0 radical (unpaired) electrons. The van der Waals surface area contributed by atoms with E-state index < -0.39 is 5.54 Å². The Morgan fingerprint density at radius 1 is 1.24 bits per heavy atom. The Bertz CT molecular complexity index is 731. The van der Waals surface area contributed by atoms with Crippen LogP contribution in [0.5, 0.6) is 5.88 Å². The molecule has 0 spiro atoms. The van der Waals surface area contributed by atoms with Crippen molar-refractivity contribution in [2.45, 2.75) is 18.4 Å². The van der Waals surface area contributed by atoms with Gasteiger partial charge in [0.15, 0.2) is 0 Å². The standard InChI is InChI=1S/C18H20FN3O3/c1-24-16-15(3-2-10-20-16)21-17(23)22-18(8-11-25-12-9-18)13-4-6-14(19)7-5-13/h2-7,10H,8-9,11-12H2,1H3,(H2,21,22,23). The first-order chi connectivity index (χ1) is 12.1. The number of urea groups is 1. The Labute approximate surface area is 145 Å². The quantitative estimate of drug-likeness (QED) is 0.893. The second-order valence-electron chi connectivity index (χ2n) is 5.84. The van der Waals surface area contributed by atoms with Crippen LogP contribution in [0.2, 0.25) is 0 Å². The molecule has 0 bridgehead atoms. The van der Waals surface area contributed by atoms with Gasteiger partial charge in [-0.2, -0.15) is 0 Å². The number of ether oxygens (including phenoxy) is 2. The fourth-order valence-corrected chi connectivity index (χ4v) is 2.99. The fraction of sp³-hybridized carbons (Fsp3) is 0.333. The molecule has 1 aliphatic rings. The predicted octanol–water partition coefficient (Wildman–Crippen LogP) is 3.06. The lowest BCUT2D eigenvalue weighted by Gasteiger charge is -2.38. The molecule has 25 heavy (non-hydrogen) atoms. The van der Waals surface area contributed by atoms with Crippen molar-refractivity contribution in [3.63, 3.8) is 0 Å². The third-order valence-electron chi connectivity index (χ3n) is 4.31. The Morgan fingerprint density at radius 3 is 2.64 bits per heavy atom. The number of nitrogens with one attached hydrogen (secondary N) is 2. The maximum absolute atomic E-state index is 13.3. The third kappa shape index (κ3) is 3.88. The Hall–Kier alpha value is -2.67. The number of carbonyl (C=O) groups excluding carboxylic acids is 1. The van der Waals surface area contributed by atoms with Gasteiger partial charge in [-0.3, -0.25) is 0 Å². The van der Waals surface area contributed by atoms with Crippen molar-refractivity contribution >= 4 is 11.7 Å². The molecule has 2 aromatic rings. The first-order valence-electron chi connectivity index (χ1n) is 8.05. The molecule has 2 heterocycles. The summed E-state index contributed by atoms with van der Waals surface area (Å²) in [6, 6.07) is 9.24. The summed E-state index contributed by atoms with van der Waals surface area (Å²) in [5.41, 5.74) is 0.722. The molecule has 1 saturated heterocycles. The van der Waals surface area contributed by atoms with E-state index >= 15 is 0 Å². The Morgan fingerprint density at radius 2 is 1.96 bits per heavy atom. The summed E-state index contributed by atoms with van der Waals surface area (Å²) in [5, 5.41) is 5.79. The van der Waals surface area contributed by atoms with E-state index in [-0.39, 0.29) is 11.8 Å². The minimum Gasteiger partial charge on any atom is -0.480 e. The number of pyridine rings is 1. The van der Waals surface area contributed by atoms with Crippen LogP contribution in [0.3, 0.4) is 0 Å². The topological polar surface area (TPSA) is 72.5 Å². The maximum Gasteiger partial charge on any atom is 0.320 e. The van der Waals surface area contributed by atoms with Gasteiger partial charge in [-0.05, 0) is 42.7 Å². The van der Waals surface area contributed by atoms with Crippen molar-refractivity contribution in [3.8, 4) is 5.88 Å². The lowest BCUT2D eigenvalue weighted by Crippen LogP contribution is -2.50. The normalized spacial score (nSPS) is 16.1. The zero-order chi connectivity index (χ0) is 17.7. The number of anilines is 1. The van der Waals surface area contributed by atoms with E-state index in [0.717, 1.165) is 5.56 Å². The van der Waals surface area contributed by atoms with Crippen LogP contribution in [-0.4, -0.2) is 31.3 Å². The van der Waals surface area contributed by atoms with Crippen molar-refractivity contribution < 1.29 is 18.7 Å². The van der Waals surface area contributed by atoms with Crippen LogP contribution in [0.25, 0.3) is 0 Å². The van der Waals surface area contributed by atoms with E-state index in [4.69, 9.17) is 9.47 Å². The fourth-order valence-electron chi connectivity index (χ4n) is 2.99. The number of halogens is 1. The number of rotatable bonds is 4. The van der Waals surface area contributed by atoms with Gasteiger partial charge in [0.25, 0.3) is 0 Å². The van der Waals surface area contributed by atoms with Gasteiger partial charge in [-0.25, -0.2) is 14.2 Å². The molecule has 0 atom stereocenters. The largest absolute Gasteiger partial charge is 0.480 e. The number of carbonyl (C=O) groups is 1. The molecular formula is C18H20FN3O3. The van der Waals surface area contributed by atoms with Gasteiger partial charge in [-0.15, -0.1) is 0 Å². The maximum atomic E-state index is 13.3. The molecule has 0 unspecified atom stereocenters. The lowest BCUT2D eigenvalue weighted by atomic mass is 9.83. The second-order valence-corrected chi connectivity index (χ2v) is 5.84. The van der Waals surface area contributed by atoms with Gasteiger partial charge in [-0.1, -0.05) is 12.1 Å². The number of hydrogen-bond acceptors (Lipinski definition) is 4. The SMILES string of the molecule is COc1ncccc1NC(=O)NC1(c2ccc(F)cc2)CCOCC1. The second kappa shape index (κ2) is 7.48. The summed E-state index contributed by atoms with van der Waals surface area (Å²) in [4.78, 5) is 16.6. The third-order valence-corrected chi connectivity index (χ3v) is 4.31. The van der Waals surface area contributed by atoms with Gasteiger partial charge in [0.05, 0.1) is 12.6 Å². The summed E-state index contributed by atoms with van der Waals surface area (Å²) in [5.74, 6) is 0.0240. The molecule has 132 valence electrons. The molecule has 0 saturated carbocycles. The number of nitrogens with zero attached hydrogens (tertiary/aromatic N) is 1. The monoisotopic (exact) mass is 345 g/mol. The first-order valence-corrected chi connectivity index (χ1v) is 8.05. The summed E-state index contributed by atoms with van der Waals surface area (Å²) < 4.78 is 23.8. The zero-order valence-electron chi connectivity index (χ0n) is 13.9. The van der Waals surface area contributed by atoms with E-state index in [1.165, 1.54) is 19.2 Å². The number of amides is 2. The highest BCUT2D eigenvalue weighted by Gasteiger charge is 2.36. The van der Waals surface area contributed by atoms with Crippen molar-refractivity contribution in [2.24, 2.45) is 0 Å². The molecular weight excluding hydrogens is 325 g/mol. The van der Waals surface area contributed by atoms with E-state index in [0.29, 0.717) is 37.6 Å². The van der Waals surface area contributed by atoms with Crippen LogP contribution in [-0.2, 0) is 10.3 Å². The molecule has 0 aliphatic carbocycles. The molecule has 7 heteroatoms. The van der Waals surface area contributed by atoms with Crippen LogP contribution in [0.4, 0.5) is 14.9 Å². The highest BCUT2D eigenvalue weighted by Crippen LogP contribution is 2.32. The van der Waals surface area contributed by atoms with Gasteiger partial charge >= 0.3 is 6.03 Å². The van der Waals surface area contributed by atoms with Crippen LogP contribution >= 0.6 is 0 Å². The van der Waals surface area contributed by atoms with E-state index in [2.05, 4.69) is 15.6 Å². The smallest absolute Gasteiger partial charge is 0.320 e.